The van der Waals surface area contributed by atoms with E-state index in [0.717, 1.165) is 19.4 Å². The highest BCUT2D eigenvalue weighted by Crippen LogP contribution is 2.21. The maximum atomic E-state index is 13.6. The first-order valence-electron chi connectivity index (χ1n) is 5.65. The summed E-state index contributed by atoms with van der Waals surface area (Å²) >= 11 is 0. The summed E-state index contributed by atoms with van der Waals surface area (Å²) in [5, 5.41) is 2.58. The Hall–Kier alpha value is -1.70. The summed E-state index contributed by atoms with van der Waals surface area (Å²) in [4.78, 5) is 11.3. The minimum absolute atomic E-state index is 0.164. The van der Waals surface area contributed by atoms with Crippen molar-refractivity contribution in [2.24, 2.45) is 0 Å². The van der Waals surface area contributed by atoms with Crippen LogP contribution in [0.1, 0.15) is 17.3 Å². The zero-order chi connectivity index (χ0) is 15.5. The number of nitrogens with one attached hydrogen (secondary N) is 1. The van der Waals surface area contributed by atoms with Gasteiger partial charge in [0, 0.05) is 18.4 Å². The van der Waals surface area contributed by atoms with Gasteiger partial charge in [0.1, 0.15) is 21.5 Å². The number of ether oxygens (including phenoxy) is 1. The van der Waals surface area contributed by atoms with Crippen LogP contribution in [0.5, 0.6) is 0 Å². The summed E-state index contributed by atoms with van der Waals surface area (Å²) in [7, 11) is -2.17. The fourth-order valence-corrected chi connectivity index (χ4v) is 2.68. The van der Waals surface area contributed by atoms with Crippen LogP contribution in [0.4, 0.5) is 14.5 Å². The monoisotopic (exact) mass is 307 g/mol. The van der Waals surface area contributed by atoms with Crippen LogP contribution in [0.3, 0.4) is 0 Å². The lowest BCUT2D eigenvalue weighted by atomic mass is 10.1. The highest BCUT2D eigenvalue weighted by Gasteiger charge is 2.18. The van der Waals surface area contributed by atoms with E-state index in [2.05, 4.69) is 10.1 Å². The molecule has 8 heteroatoms. The van der Waals surface area contributed by atoms with Gasteiger partial charge in [-0.3, -0.25) is 0 Å². The molecule has 0 bridgehead atoms. The Kier molecular flexibility index (Phi) is 5.04. The van der Waals surface area contributed by atoms with Crippen molar-refractivity contribution in [2.75, 3.05) is 24.4 Å². The SMILES string of the molecule is COC(=O)c1cc(NC(C)CS(C)(=O)=O)c(F)cc1F. The van der Waals surface area contributed by atoms with E-state index in [1.165, 1.54) is 6.92 Å². The predicted molar refractivity (Wildman–Crippen MR) is 70.5 cm³/mol. The predicted octanol–water partition coefficient (Wildman–Crippen LogP) is 1.60. The van der Waals surface area contributed by atoms with E-state index >= 15 is 0 Å². The minimum atomic E-state index is -3.25. The minimum Gasteiger partial charge on any atom is -0.465 e. The van der Waals surface area contributed by atoms with Crippen molar-refractivity contribution in [3.05, 3.63) is 29.3 Å². The van der Waals surface area contributed by atoms with Gasteiger partial charge >= 0.3 is 5.97 Å². The van der Waals surface area contributed by atoms with E-state index in [0.29, 0.717) is 6.07 Å². The fourth-order valence-electron chi connectivity index (χ4n) is 1.69. The van der Waals surface area contributed by atoms with Crippen LogP contribution in [-0.2, 0) is 14.6 Å². The zero-order valence-electron chi connectivity index (χ0n) is 11.2. The summed E-state index contributed by atoms with van der Waals surface area (Å²) in [5.41, 5.74) is -0.592. The Morgan fingerprint density at radius 2 is 1.95 bits per heavy atom. The van der Waals surface area contributed by atoms with E-state index in [9.17, 15) is 22.0 Å². The molecule has 0 aromatic heterocycles. The first-order chi connectivity index (χ1) is 9.14. The van der Waals surface area contributed by atoms with Crippen LogP contribution < -0.4 is 5.32 Å². The van der Waals surface area contributed by atoms with E-state index in [4.69, 9.17) is 0 Å². The number of hydrogen-bond donors (Lipinski definition) is 1. The standard InChI is InChI=1S/C12H15F2NO4S/c1-7(6-20(3,17)18)15-11-4-8(12(16)19-2)9(13)5-10(11)14/h4-5,7,15H,6H2,1-3H3. The average Bonchev–Trinajstić information content (AvgIpc) is 2.29. The van der Waals surface area contributed by atoms with Crippen LogP contribution in [0, 0.1) is 11.6 Å². The molecular weight excluding hydrogens is 292 g/mol. The summed E-state index contributed by atoms with van der Waals surface area (Å²) in [5.74, 6) is -3.13. The van der Waals surface area contributed by atoms with Gasteiger partial charge in [-0.05, 0) is 13.0 Å². The topological polar surface area (TPSA) is 72.5 Å². The van der Waals surface area contributed by atoms with Gasteiger partial charge in [0.25, 0.3) is 0 Å². The van der Waals surface area contributed by atoms with Crippen LogP contribution in [0.25, 0.3) is 0 Å². The quantitative estimate of drug-likeness (QED) is 0.837. The van der Waals surface area contributed by atoms with Gasteiger partial charge in [0.2, 0.25) is 0 Å². The third kappa shape index (κ3) is 4.44. The molecule has 0 amide bonds. The molecule has 112 valence electrons. The molecule has 0 aliphatic carbocycles. The normalized spacial score (nSPS) is 12.8. The highest BCUT2D eigenvalue weighted by atomic mass is 32.2. The van der Waals surface area contributed by atoms with Gasteiger partial charge in [0.05, 0.1) is 24.1 Å². The number of esters is 1. The molecule has 0 fully saturated rings. The molecule has 0 radical (unpaired) electrons. The van der Waals surface area contributed by atoms with Crippen LogP contribution in [-0.4, -0.2) is 39.5 Å². The largest absolute Gasteiger partial charge is 0.465 e. The van der Waals surface area contributed by atoms with Crippen molar-refractivity contribution in [1.29, 1.82) is 0 Å². The molecule has 5 nitrogen and oxygen atoms in total. The second-order valence-corrected chi connectivity index (χ2v) is 6.63. The van der Waals surface area contributed by atoms with E-state index in [-0.39, 0.29) is 11.4 Å². The second kappa shape index (κ2) is 6.17. The molecule has 0 heterocycles. The zero-order valence-corrected chi connectivity index (χ0v) is 12.1. The highest BCUT2D eigenvalue weighted by molar-refractivity contribution is 7.90. The van der Waals surface area contributed by atoms with Crippen molar-refractivity contribution >= 4 is 21.5 Å². The molecule has 20 heavy (non-hydrogen) atoms. The number of rotatable bonds is 5. The van der Waals surface area contributed by atoms with Crippen molar-refractivity contribution in [3.8, 4) is 0 Å². The number of sulfone groups is 1. The third-order valence-corrected chi connectivity index (χ3v) is 3.52. The van der Waals surface area contributed by atoms with Crippen LogP contribution >= 0.6 is 0 Å². The summed E-state index contributed by atoms with van der Waals surface area (Å²) in [6.07, 6.45) is 1.05. The van der Waals surface area contributed by atoms with Crippen molar-refractivity contribution in [1.82, 2.24) is 0 Å². The maximum Gasteiger partial charge on any atom is 0.340 e. The van der Waals surface area contributed by atoms with Gasteiger partial charge < -0.3 is 10.1 Å². The van der Waals surface area contributed by atoms with E-state index in [1.54, 1.807) is 0 Å². The Morgan fingerprint density at radius 3 is 2.45 bits per heavy atom. The molecule has 0 aliphatic rings. The summed E-state index contributed by atoms with van der Waals surface area (Å²) in [6, 6.07) is 0.896. The molecule has 1 atom stereocenters. The number of hydrogen-bond acceptors (Lipinski definition) is 5. The lowest BCUT2D eigenvalue weighted by molar-refractivity contribution is 0.0595. The van der Waals surface area contributed by atoms with Crippen LogP contribution in [0.15, 0.2) is 12.1 Å². The molecule has 1 N–H and O–H groups in total. The number of halogens is 2. The molecule has 1 aromatic rings. The van der Waals surface area contributed by atoms with Crippen molar-refractivity contribution in [2.45, 2.75) is 13.0 Å². The first-order valence-corrected chi connectivity index (χ1v) is 7.71. The second-order valence-electron chi connectivity index (χ2n) is 4.44. The summed E-state index contributed by atoms with van der Waals surface area (Å²) < 4.78 is 53.6. The van der Waals surface area contributed by atoms with Gasteiger partial charge in [-0.15, -0.1) is 0 Å². The number of benzene rings is 1. The Labute approximate surface area is 115 Å². The Bertz CT molecular complexity index is 616. The lowest BCUT2D eigenvalue weighted by Crippen LogP contribution is -2.25. The van der Waals surface area contributed by atoms with Gasteiger partial charge in [-0.2, -0.15) is 0 Å². The maximum absolute atomic E-state index is 13.6. The number of anilines is 1. The van der Waals surface area contributed by atoms with Gasteiger partial charge in [-0.25, -0.2) is 22.0 Å². The van der Waals surface area contributed by atoms with E-state index < -0.39 is 39.0 Å². The molecule has 0 aliphatic heterocycles. The molecule has 1 rings (SSSR count). The molecule has 1 aromatic carbocycles. The van der Waals surface area contributed by atoms with Crippen molar-refractivity contribution < 1.29 is 26.7 Å². The van der Waals surface area contributed by atoms with Crippen LogP contribution in [0.2, 0.25) is 0 Å². The number of carbonyl (C=O) groups excluding carboxylic acids is 1. The molecule has 0 saturated heterocycles. The fraction of sp³-hybridized carbons (Fsp3) is 0.417. The Balaban J connectivity index is 3.04. The Morgan fingerprint density at radius 1 is 1.35 bits per heavy atom. The van der Waals surface area contributed by atoms with Crippen molar-refractivity contribution in [3.63, 3.8) is 0 Å². The molecule has 1 unspecified atom stereocenters. The van der Waals surface area contributed by atoms with Gasteiger partial charge in [-0.1, -0.05) is 0 Å². The third-order valence-electron chi connectivity index (χ3n) is 2.42. The van der Waals surface area contributed by atoms with E-state index in [1.807, 2.05) is 0 Å². The van der Waals surface area contributed by atoms with Gasteiger partial charge in [0.15, 0.2) is 0 Å². The molecule has 0 saturated carbocycles. The summed E-state index contributed by atoms with van der Waals surface area (Å²) in [6.45, 7) is 1.53. The molecule has 0 spiro atoms. The number of carbonyl (C=O) groups is 1. The first kappa shape index (κ1) is 16.4. The smallest absolute Gasteiger partial charge is 0.340 e. The average molecular weight is 307 g/mol. The number of methoxy groups -OCH3 is 1. The lowest BCUT2D eigenvalue weighted by Gasteiger charge is -2.15. The molecular formula is C12H15F2NO4S.